The number of nitrogens with one attached hydrogen (secondary N) is 4. The molecule has 0 bridgehead atoms. The van der Waals surface area contributed by atoms with Crippen LogP contribution >= 0.6 is 11.6 Å². The van der Waals surface area contributed by atoms with E-state index in [1.807, 2.05) is 0 Å². The van der Waals surface area contributed by atoms with E-state index in [0.29, 0.717) is 34.1 Å². The van der Waals surface area contributed by atoms with Gasteiger partial charge in [-0.05, 0) is 79.2 Å². The molecule has 9 nitrogen and oxygen atoms in total. The Morgan fingerprint density at radius 1 is 1.00 bits per heavy atom. The molecule has 0 aliphatic heterocycles. The summed E-state index contributed by atoms with van der Waals surface area (Å²) in [6.45, 7) is 5.17. The second-order valence-corrected chi connectivity index (χ2v) is 10.1. The zero-order valence-electron chi connectivity index (χ0n) is 20.0. The summed E-state index contributed by atoms with van der Waals surface area (Å²) in [6.07, 6.45) is 2.61. The number of sulfonamides is 1. The van der Waals surface area contributed by atoms with Gasteiger partial charge in [0.15, 0.2) is 5.82 Å². The largest absolute Gasteiger partial charge is 0.339 e. The van der Waals surface area contributed by atoms with Crippen molar-refractivity contribution in [1.82, 2.24) is 9.97 Å². The van der Waals surface area contributed by atoms with Gasteiger partial charge in [0.1, 0.15) is 10.8 Å². The number of rotatable bonds is 9. The Balaban J connectivity index is 1.48. The van der Waals surface area contributed by atoms with Gasteiger partial charge in [-0.1, -0.05) is 24.2 Å². The van der Waals surface area contributed by atoms with Gasteiger partial charge in [-0.25, -0.2) is 17.8 Å². The molecule has 1 amide bonds. The minimum atomic E-state index is -3.89. The average molecular weight is 553 g/mol. The number of nitrogens with zero attached hydrogens (tertiary/aromatic N) is 2. The van der Waals surface area contributed by atoms with Gasteiger partial charge >= 0.3 is 0 Å². The van der Waals surface area contributed by atoms with Gasteiger partial charge in [-0.3, -0.25) is 9.52 Å². The lowest BCUT2D eigenvalue weighted by Crippen LogP contribution is -2.13. The third-order valence-electron chi connectivity index (χ3n) is 5.17. The molecule has 1 aromatic heterocycles. The van der Waals surface area contributed by atoms with Crippen LogP contribution in [-0.2, 0) is 14.8 Å². The molecule has 0 aliphatic carbocycles. The van der Waals surface area contributed by atoms with Gasteiger partial charge in [0.25, 0.3) is 10.0 Å². The summed E-state index contributed by atoms with van der Waals surface area (Å²) < 4.78 is 40.9. The Labute approximate surface area is 223 Å². The van der Waals surface area contributed by atoms with Crippen molar-refractivity contribution in [2.24, 2.45) is 0 Å². The monoisotopic (exact) mass is 552 g/mol. The topological polar surface area (TPSA) is 125 Å². The van der Waals surface area contributed by atoms with Crippen molar-refractivity contribution in [2.45, 2.75) is 11.8 Å². The predicted octanol–water partition coefficient (Wildman–Crippen LogP) is 5.99. The Kier molecular flexibility index (Phi) is 7.89. The van der Waals surface area contributed by atoms with Crippen LogP contribution in [0.2, 0.25) is 5.02 Å². The second kappa shape index (κ2) is 11.3. The molecule has 12 heteroatoms. The first-order chi connectivity index (χ1) is 18.1. The molecule has 4 aromatic rings. The van der Waals surface area contributed by atoms with Crippen LogP contribution in [-0.4, -0.2) is 24.3 Å². The number of aromatic nitrogens is 2. The van der Waals surface area contributed by atoms with Gasteiger partial charge < -0.3 is 16.0 Å². The summed E-state index contributed by atoms with van der Waals surface area (Å²) in [5.41, 5.74) is 2.80. The number of aryl methyl sites for hydroxylation is 1. The van der Waals surface area contributed by atoms with Crippen LogP contribution in [0.25, 0.3) is 0 Å². The Morgan fingerprint density at radius 3 is 2.42 bits per heavy atom. The number of halogens is 2. The molecule has 1 heterocycles. The third kappa shape index (κ3) is 6.64. The lowest BCUT2D eigenvalue weighted by Gasteiger charge is -2.14. The molecule has 0 spiro atoms. The molecule has 0 radical (unpaired) electrons. The maximum absolute atomic E-state index is 13.2. The standard InChI is InChI=1S/C26H22ClFN6O3S/c1-3-24(35)30-18-5-4-6-19(14-18)31-25-22(27)15-29-26(33-25)32-20-9-12-23(16(2)13-20)34-38(36,37)21-10-7-17(28)8-11-21/h3-15,34H,1H2,2H3,(H,30,35)(H2,29,31,32,33). The number of amides is 1. The number of carbonyl (C=O) groups excluding carboxylic acids is 1. The van der Waals surface area contributed by atoms with E-state index in [0.717, 1.165) is 12.1 Å². The summed E-state index contributed by atoms with van der Waals surface area (Å²) in [7, 11) is -3.89. The number of hydrogen-bond acceptors (Lipinski definition) is 7. The number of hydrogen-bond donors (Lipinski definition) is 4. The van der Waals surface area contributed by atoms with E-state index in [4.69, 9.17) is 11.6 Å². The quantitative estimate of drug-likeness (QED) is 0.188. The van der Waals surface area contributed by atoms with Crippen LogP contribution in [0.15, 0.2) is 90.5 Å². The molecule has 0 atom stereocenters. The SMILES string of the molecule is C=CC(=O)Nc1cccc(Nc2nc(Nc3ccc(NS(=O)(=O)c4ccc(F)cc4)c(C)c3)ncc2Cl)c1. The maximum Gasteiger partial charge on any atom is 0.261 e. The Hall–Kier alpha value is -4.48. The first kappa shape index (κ1) is 26.6. The fraction of sp³-hybridized carbons (Fsp3) is 0.0385. The minimum Gasteiger partial charge on any atom is -0.339 e. The van der Waals surface area contributed by atoms with E-state index < -0.39 is 15.8 Å². The highest BCUT2D eigenvalue weighted by atomic mass is 35.5. The molecule has 0 unspecified atom stereocenters. The zero-order chi connectivity index (χ0) is 27.3. The molecule has 0 fully saturated rings. The number of benzene rings is 3. The molecular weight excluding hydrogens is 531 g/mol. The van der Waals surface area contributed by atoms with E-state index in [9.17, 15) is 17.6 Å². The molecule has 3 aromatic carbocycles. The molecule has 4 rings (SSSR count). The van der Waals surface area contributed by atoms with Crippen LogP contribution in [0.4, 0.5) is 38.9 Å². The van der Waals surface area contributed by atoms with Gasteiger partial charge in [-0.2, -0.15) is 4.98 Å². The van der Waals surface area contributed by atoms with E-state index in [1.165, 1.54) is 24.4 Å². The smallest absolute Gasteiger partial charge is 0.261 e. The van der Waals surface area contributed by atoms with E-state index >= 15 is 0 Å². The second-order valence-electron chi connectivity index (χ2n) is 8.00. The Morgan fingerprint density at radius 2 is 1.71 bits per heavy atom. The molecule has 4 N–H and O–H groups in total. The molecule has 0 saturated carbocycles. The van der Waals surface area contributed by atoms with Crippen molar-refractivity contribution in [3.8, 4) is 0 Å². The van der Waals surface area contributed by atoms with E-state index in [2.05, 4.69) is 37.2 Å². The van der Waals surface area contributed by atoms with Crippen molar-refractivity contribution in [1.29, 1.82) is 0 Å². The normalized spacial score (nSPS) is 10.9. The van der Waals surface area contributed by atoms with E-state index in [-0.39, 0.29) is 21.8 Å². The van der Waals surface area contributed by atoms with Crippen LogP contribution in [0, 0.1) is 12.7 Å². The highest BCUT2D eigenvalue weighted by Gasteiger charge is 2.16. The first-order valence-electron chi connectivity index (χ1n) is 11.1. The lowest BCUT2D eigenvalue weighted by molar-refractivity contribution is -0.111. The van der Waals surface area contributed by atoms with Gasteiger partial charge in [0, 0.05) is 17.1 Å². The van der Waals surface area contributed by atoms with Gasteiger partial charge in [0.05, 0.1) is 16.8 Å². The Bertz CT molecular complexity index is 1610. The van der Waals surface area contributed by atoms with Crippen LogP contribution < -0.4 is 20.7 Å². The highest BCUT2D eigenvalue weighted by Crippen LogP contribution is 2.28. The van der Waals surface area contributed by atoms with Crippen molar-refractivity contribution in [3.63, 3.8) is 0 Å². The summed E-state index contributed by atoms with van der Waals surface area (Å²) in [5, 5.41) is 9.11. The van der Waals surface area contributed by atoms with Crippen LogP contribution in [0.5, 0.6) is 0 Å². The molecular formula is C26H22ClFN6O3S. The summed E-state index contributed by atoms with van der Waals surface area (Å²) in [4.78, 5) is 20.1. The highest BCUT2D eigenvalue weighted by molar-refractivity contribution is 7.92. The van der Waals surface area contributed by atoms with Crippen molar-refractivity contribution < 1.29 is 17.6 Å². The summed E-state index contributed by atoms with van der Waals surface area (Å²) in [5.74, 6) is -0.286. The number of carbonyl (C=O) groups is 1. The number of anilines is 6. The molecule has 0 aliphatic rings. The average Bonchev–Trinajstić information content (AvgIpc) is 2.88. The van der Waals surface area contributed by atoms with Gasteiger partial charge in [0.2, 0.25) is 11.9 Å². The predicted molar refractivity (Wildman–Crippen MR) is 147 cm³/mol. The third-order valence-corrected chi connectivity index (χ3v) is 6.83. The fourth-order valence-electron chi connectivity index (χ4n) is 3.32. The maximum atomic E-state index is 13.2. The summed E-state index contributed by atoms with van der Waals surface area (Å²) in [6, 6.07) is 16.5. The first-order valence-corrected chi connectivity index (χ1v) is 13.0. The molecule has 0 saturated heterocycles. The van der Waals surface area contributed by atoms with Crippen LogP contribution in [0.3, 0.4) is 0 Å². The fourth-order valence-corrected chi connectivity index (χ4v) is 4.59. The van der Waals surface area contributed by atoms with Crippen LogP contribution in [0.1, 0.15) is 5.56 Å². The lowest BCUT2D eigenvalue weighted by atomic mass is 10.2. The summed E-state index contributed by atoms with van der Waals surface area (Å²) >= 11 is 6.28. The van der Waals surface area contributed by atoms with Crippen molar-refractivity contribution in [2.75, 3.05) is 20.7 Å². The van der Waals surface area contributed by atoms with E-state index in [1.54, 1.807) is 49.4 Å². The minimum absolute atomic E-state index is 0.0521. The van der Waals surface area contributed by atoms with Gasteiger partial charge in [-0.15, -0.1) is 0 Å². The molecule has 194 valence electrons. The zero-order valence-corrected chi connectivity index (χ0v) is 21.6. The van der Waals surface area contributed by atoms with Crippen molar-refractivity contribution in [3.05, 3.63) is 102 Å². The van der Waals surface area contributed by atoms with Crippen molar-refractivity contribution >= 4 is 62.0 Å². The molecule has 38 heavy (non-hydrogen) atoms.